The van der Waals surface area contributed by atoms with Crippen LogP contribution in [0.25, 0.3) is 11.0 Å². The lowest BCUT2D eigenvalue weighted by Gasteiger charge is -2.13. The lowest BCUT2D eigenvalue weighted by Crippen LogP contribution is -2.10. The van der Waals surface area contributed by atoms with E-state index in [2.05, 4.69) is 0 Å². The second kappa shape index (κ2) is 8.19. The van der Waals surface area contributed by atoms with Gasteiger partial charge in [0.05, 0.1) is 13.7 Å². The Kier molecular flexibility index (Phi) is 6.01. The van der Waals surface area contributed by atoms with Crippen LogP contribution < -0.4 is 19.8 Å². The Hall–Kier alpha value is -2.76. The molecule has 0 spiro atoms. The van der Waals surface area contributed by atoms with Crippen molar-refractivity contribution >= 4 is 16.9 Å². The van der Waals surface area contributed by atoms with Crippen LogP contribution in [0.4, 0.5) is 0 Å². The zero-order valence-corrected chi connectivity index (χ0v) is 14.0. The van der Waals surface area contributed by atoms with Crippen molar-refractivity contribution in [3.63, 3.8) is 0 Å². The highest BCUT2D eigenvalue weighted by molar-refractivity contribution is 5.93. The molecule has 0 N–H and O–H groups in total. The van der Waals surface area contributed by atoms with Gasteiger partial charge in [0.1, 0.15) is 16.7 Å². The minimum atomic E-state index is -0.649. The highest BCUT2D eigenvalue weighted by atomic mass is 16.5. The molecular formula is C18H20O6. The maximum atomic E-state index is 12.1. The van der Waals surface area contributed by atoms with Crippen molar-refractivity contribution in [2.45, 2.75) is 26.7 Å². The molecule has 0 amide bonds. The predicted octanol–water partition coefficient (Wildman–Crippen LogP) is 3.46. The zero-order chi connectivity index (χ0) is 17.5. The number of ether oxygens (including phenoxy) is 3. The first kappa shape index (κ1) is 17.6. The van der Waals surface area contributed by atoms with Crippen molar-refractivity contribution in [1.82, 2.24) is 0 Å². The normalized spacial score (nSPS) is 11.0. The van der Waals surface area contributed by atoms with Gasteiger partial charge in [-0.25, -0.2) is 4.79 Å². The van der Waals surface area contributed by atoms with Crippen LogP contribution in [0.5, 0.6) is 17.2 Å². The number of hydrogen-bond donors (Lipinski definition) is 0. The number of esters is 1. The Labute approximate surface area is 139 Å². The van der Waals surface area contributed by atoms with Gasteiger partial charge in [-0.3, -0.25) is 4.79 Å². The monoisotopic (exact) mass is 332 g/mol. The molecule has 0 aliphatic carbocycles. The van der Waals surface area contributed by atoms with Crippen LogP contribution in [0.15, 0.2) is 39.6 Å². The van der Waals surface area contributed by atoms with Gasteiger partial charge in [-0.05, 0) is 25.0 Å². The number of carbonyl (C=O) groups excluding carboxylic acids is 1. The molecule has 2 rings (SSSR count). The van der Waals surface area contributed by atoms with E-state index in [0.29, 0.717) is 18.4 Å². The van der Waals surface area contributed by atoms with Crippen molar-refractivity contribution in [2.75, 3.05) is 13.7 Å². The number of rotatable bonds is 7. The van der Waals surface area contributed by atoms with Gasteiger partial charge < -0.3 is 18.6 Å². The molecule has 0 unspecified atom stereocenters. The molecule has 128 valence electrons. The third kappa shape index (κ3) is 3.95. The van der Waals surface area contributed by atoms with Crippen molar-refractivity contribution in [1.29, 1.82) is 0 Å². The quantitative estimate of drug-likeness (QED) is 0.254. The second-order valence-electron chi connectivity index (χ2n) is 4.99. The topological polar surface area (TPSA) is 75.0 Å². The van der Waals surface area contributed by atoms with E-state index in [4.69, 9.17) is 18.6 Å². The molecule has 6 nitrogen and oxygen atoms in total. The maximum Gasteiger partial charge on any atom is 0.383 e. The maximum absolute atomic E-state index is 12.1. The van der Waals surface area contributed by atoms with Gasteiger partial charge >= 0.3 is 11.6 Å². The summed E-state index contributed by atoms with van der Waals surface area (Å²) < 4.78 is 21.3. The molecule has 0 atom stereocenters. The molecule has 0 fully saturated rings. The van der Waals surface area contributed by atoms with Crippen LogP contribution >= 0.6 is 0 Å². The van der Waals surface area contributed by atoms with Gasteiger partial charge in [-0.1, -0.05) is 25.1 Å². The van der Waals surface area contributed by atoms with E-state index in [9.17, 15) is 9.59 Å². The summed E-state index contributed by atoms with van der Waals surface area (Å²) in [6, 6.07) is 4.84. The first-order valence-electron chi connectivity index (χ1n) is 7.68. The molecule has 6 heteroatoms. The third-order valence-electron chi connectivity index (χ3n) is 3.20. The number of hydrogen-bond acceptors (Lipinski definition) is 6. The molecule has 0 aliphatic heterocycles. The Morgan fingerprint density at radius 2 is 2.04 bits per heavy atom. The lowest BCUT2D eigenvalue weighted by molar-refractivity contribution is -0.131. The Balaban J connectivity index is 2.52. The van der Waals surface area contributed by atoms with Crippen LogP contribution in [0.3, 0.4) is 0 Å². The number of carbonyl (C=O) groups is 1. The minimum absolute atomic E-state index is 0.0541. The summed E-state index contributed by atoms with van der Waals surface area (Å²) in [6.07, 6.45) is 5.64. The van der Waals surface area contributed by atoms with E-state index in [-0.39, 0.29) is 22.8 Å². The van der Waals surface area contributed by atoms with Crippen molar-refractivity contribution < 1.29 is 23.4 Å². The SMILES string of the molecule is CC/C=C/CCOc1c(OC)c(=O)oc2cccc(OC(C)=O)c12. The van der Waals surface area contributed by atoms with E-state index >= 15 is 0 Å². The van der Waals surface area contributed by atoms with Crippen LogP contribution in [-0.4, -0.2) is 19.7 Å². The second-order valence-corrected chi connectivity index (χ2v) is 4.99. The highest BCUT2D eigenvalue weighted by Gasteiger charge is 2.21. The van der Waals surface area contributed by atoms with Gasteiger partial charge in [0.25, 0.3) is 0 Å². The summed E-state index contributed by atoms with van der Waals surface area (Å²) in [6.45, 7) is 3.69. The Morgan fingerprint density at radius 3 is 2.71 bits per heavy atom. The zero-order valence-electron chi connectivity index (χ0n) is 14.0. The van der Waals surface area contributed by atoms with E-state index in [1.165, 1.54) is 14.0 Å². The molecule has 2 aromatic rings. The molecular weight excluding hydrogens is 312 g/mol. The average Bonchev–Trinajstić information content (AvgIpc) is 2.53. The molecule has 0 bridgehead atoms. The van der Waals surface area contributed by atoms with E-state index in [1.807, 2.05) is 19.1 Å². The number of benzene rings is 1. The summed E-state index contributed by atoms with van der Waals surface area (Å²) in [7, 11) is 1.36. The van der Waals surface area contributed by atoms with Crippen LogP contribution in [0.2, 0.25) is 0 Å². The molecule has 0 aliphatic rings. The smallest absolute Gasteiger partial charge is 0.383 e. The molecule has 0 saturated heterocycles. The largest absolute Gasteiger partial charge is 0.488 e. The number of methoxy groups -OCH3 is 1. The Bertz CT molecular complexity index is 803. The van der Waals surface area contributed by atoms with E-state index < -0.39 is 11.6 Å². The predicted molar refractivity (Wildman–Crippen MR) is 89.9 cm³/mol. The molecule has 24 heavy (non-hydrogen) atoms. The van der Waals surface area contributed by atoms with Crippen LogP contribution in [0, 0.1) is 0 Å². The fourth-order valence-electron chi connectivity index (χ4n) is 2.24. The van der Waals surface area contributed by atoms with Gasteiger partial charge in [0, 0.05) is 6.92 Å². The minimum Gasteiger partial charge on any atom is -0.488 e. The first-order chi connectivity index (χ1) is 11.6. The molecule has 1 heterocycles. The van der Waals surface area contributed by atoms with E-state index in [1.54, 1.807) is 18.2 Å². The summed E-state index contributed by atoms with van der Waals surface area (Å²) in [5, 5.41) is 0.392. The lowest BCUT2D eigenvalue weighted by atomic mass is 10.2. The summed E-state index contributed by atoms with van der Waals surface area (Å²) >= 11 is 0. The third-order valence-corrected chi connectivity index (χ3v) is 3.20. The Morgan fingerprint density at radius 1 is 1.25 bits per heavy atom. The molecule has 0 radical (unpaired) electrons. The summed E-state index contributed by atoms with van der Waals surface area (Å²) in [5.74, 6) is -0.0716. The van der Waals surface area contributed by atoms with Crippen molar-refractivity contribution in [3.8, 4) is 17.2 Å². The average molecular weight is 332 g/mol. The first-order valence-corrected chi connectivity index (χ1v) is 7.68. The van der Waals surface area contributed by atoms with Gasteiger partial charge in [-0.2, -0.15) is 0 Å². The van der Waals surface area contributed by atoms with Gasteiger partial charge in [0.15, 0.2) is 5.75 Å². The van der Waals surface area contributed by atoms with Crippen LogP contribution in [-0.2, 0) is 4.79 Å². The van der Waals surface area contributed by atoms with Crippen molar-refractivity contribution in [3.05, 3.63) is 40.8 Å². The number of allylic oxidation sites excluding steroid dienone is 1. The standard InChI is InChI=1S/C18H20O6/c1-4-5-6-7-11-22-16-15-13(23-12(2)19)9-8-10-14(15)24-18(20)17(16)21-3/h5-6,8-10H,4,7,11H2,1-3H3/b6-5+. The molecule has 1 aromatic heterocycles. The summed E-state index contributed by atoms with van der Waals surface area (Å²) in [5.41, 5.74) is -0.386. The van der Waals surface area contributed by atoms with Gasteiger partial charge in [-0.15, -0.1) is 0 Å². The van der Waals surface area contributed by atoms with Crippen molar-refractivity contribution in [2.24, 2.45) is 0 Å². The van der Waals surface area contributed by atoms with Gasteiger partial charge in [0.2, 0.25) is 5.75 Å². The molecule has 0 saturated carbocycles. The fraction of sp³-hybridized carbons (Fsp3) is 0.333. The summed E-state index contributed by atoms with van der Waals surface area (Å²) in [4.78, 5) is 23.4. The van der Waals surface area contributed by atoms with Crippen LogP contribution in [0.1, 0.15) is 26.7 Å². The van der Waals surface area contributed by atoms with E-state index in [0.717, 1.165) is 6.42 Å². The molecule has 1 aromatic carbocycles. The highest BCUT2D eigenvalue weighted by Crippen LogP contribution is 2.38. The number of fused-ring (bicyclic) bond motifs is 1. The fourth-order valence-corrected chi connectivity index (χ4v) is 2.24.